The van der Waals surface area contributed by atoms with Crippen molar-refractivity contribution < 1.29 is 4.74 Å². The van der Waals surface area contributed by atoms with Gasteiger partial charge in [0.15, 0.2) is 11.0 Å². The smallest absolute Gasteiger partial charge is 0.186 e. The Morgan fingerprint density at radius 3 is 2.87 bits per heavy atom. The zero-order valence-electron chi connectivity index (χ0n) is 8.41. The molecule has 1 aromatic rings. The molecule has 6 heteroatoms. The van der Waals surface area contributed by atoms with Crippen molar-refractivity contribution in [1.29, 1.82) is 0 Å². The fourth-order valence-corrected chi connectivity index (χ4v) is 2.42. The van der Waals surface area contributed by atoms with Crippen molar-refractivity contribution in [3.8, 4) is 0 Å². The van der Waals surface area contributed by atoms with Crippen molar-refractivity contribution in [1.82, 2.24) is 8.75 Å². The van der Waals surface area contributed by atoms with E-state index in [2.05, 4.69) is 14.1 Å². The van der Waals surface area contributed by atoms with Gasteiger partial charge in [0.25, 0.3) is 0 Å². The van der Waals surface area contributed by atoms with Crippen LogP contribution >= 0.6 is 23.3 Å². The van der Waals surface area contributed by atoms with Crippen LogP contribution in [-0.2, 0) is 4.74 Å². The van der Waals surface area contributed by atoms with Crippen LogP contribution in [0, 0.1) is 0 Å². The van der Waals surface area contributed by atoms with E-state index < -0.39 is 0 Å². The minimum absolute atomic E-state index is 0.445. The summed E-state index contributed by atoms with van der Waals surface area (Å²) in [7, 11) is 0. The third kappa shape index (κ3) is 3.29. The van der Waals surface area contributed by atoms with E-state index >= 15 is 0 Å². The van der Waals surface area contributed by atoms with E-state index in [4.69, 9.17) is 16.3 Å². The van der Waals surface area contributed by atoms with Crippen LogP contribution in [0.4, 0.5) is 5.82 Å². The first kappa shape index (κ1) is 11.1. The van der Waals surface area contributed by atoms with Gasteiger partial charge in [0.1, 0.15) is 0 Å². The molecular weight excluding hydrogens is 234 g/mol. The molecule has 0 radical (unpaired) electrons. The summed E-state index contributed by atoms with van der Waals surface area (Å²) in [5, 5.41) is 3.54. The van der Waals surface area contributed by atoms with E-state index in [0.717, 1.165) is 18.3 Å². The molecule has 84 valence electrons. The zero-order chi connectivity index (χ0) is 10.5. The fourth-order valence-electron chi connectivity index (χ4n) is 1.73. The number of halogens is 1. The van der Waals surface area contributed by atoms with Crippen LogP contribution in [0.25, 0.3) is 0 Å². The van der Waals surface area contributed by atoms with Gasteiger partial charge >= 0.3 is 0 Å². The summed E-state index contributed by atoms with van der Waals surface area (Å²) in [6.45, 7) is 1.44. The fraction of sp³-hybridized carbons (Fsp3) is 0.778. The van der Waals surface area contributed by atoms with Crippen molar-refractivity contribution in [3.63, 3.8) is 0 Å². The molecule has 1 fully saturated rings. The molecule has 0 bridgehead atoms. The van der Waals surface area contributed by atoms with Gasteiger partial charge < -0.3 is 10.1 Å². The molecule has 0 aromatic carbocycles. The average molecular weight is 248 g/mol. The first-order chi connectivity index (χ1) is 7.36. The van der Waals surface area contributed by atoms with Gasteiger partial charge in [0.2, 0.25) is 0 Å². The van der Waals surface area contributed by atoms with Gasteiger partial charge in [-0.2, -0.15) is 8.75 Å². The monoisotopic (exact) mass is 247 g/mol. The molecule has 4 nitrogen and oxygen atoms in total. The standard InChI is InChI=1S/C9H14ClN3OS/c10-8-9(13-15-12-8)11-5-6-14-7-3-1-2-4-7/h7H,1-6H2,(H,11,13). The summed E-state index contributed by atoms with van der Waals surface area (Å²) in [5.74, 6) is 0.664. The second kappa shape index (κ2) is 5.63. The molecule has 0 aliphatic heterocycles. The summed E-state index contributed by atoms with van der Waals surface area (Å²) in [5.41, 5.74) is 0. The maximum absolute atomic E-state index is 5.78. The Kier molecular flexibility index (Phi) is 4.17. The van der Waals surface area contributed by atoms with Crippen molar-refractivity contribution in [2.75, 3.05) is 18.5 Å². The molecular formula is C9H14ClN3OS. The Morgan fingerprint density at radius 2 is 2.20 bits per heavy atom. The lowest BCUT2D eigenvalue weighted by molar-refractivity contribution is 0.0659. The topological polar surface area (TPSA) is 47.0 Å². The molecule has 1 saturated carbocycles. The van der Waals surface area contributed by atoms with Gasteiger partial charge in [0, 0.05) is 6.54 Å². The van der Waals surface area contributed by atoms with E-state index in [1.54, 1.807) is 0 Å². The minimum atomic E-state index is 0.445. The predicted octanol–water partition coefficient (Wildman–Crippen LogP) is 2.56. The van der Waals surface area contributed by atoms with Gasteiger partial charge in [-0.25, -0.2) is 0 Å². The highest BCUT2D eigenvalue weighted by Crippen LogP contribution is 2.21. The van der Waals surface area contributed by atoms with Gasteiger partial charge in [-0.1, -0.05) is 24.4 Å². The molecule has 0 atom stereocenters. The van der Waals surface area contributed by atoms with Crippen LogP contribution in [0.2, 0.25) is 5.15 Å². The maximum Gasteiger partial charge on any atom is 0.186 e. The number of hydrogen-bond donors (Lipinski definition) is 1. The second-order valence-electron chi connectivity index (χ2n) is 3.61. The third-order valence-corrected chi connectivity index (χ3v) is 3.39. The Labute approximate surface area is 98.3 Å². The summed E-state index contributed by atoms with van der Waals surface area (Å²) in [6, 6.07) is 0. The van der Waals surface area contributed by atoms with Crippen molar-refractivity contribution in [2.45, 2.75) is 31.8 Å². The van der Waals surface area contributed by atoms with Crippen LogP contribution in [0.1, 0.15) is 25.7 Å². The Bertz CT molecular complexity index is 301. The van der Waals surface area contributed by atoms with Crippen LogP contribution in [0.5, 0.6) is 0 Å². The highest BCUT2D eigenvalue weighted by molar-refractivity contribution is 6.99. The molecule has 0 saturated heterocycles. The Balaban J connectivity index is 1.60. The molecule has 1 heterocycles. The molecule has 0 unspecified atom stereocenters. The number of nitrogens with one attached hydrogen (secondary N) is 1. The quantitative estimate of drug-likeness (QED) is 0.813. The number of nitrogens with zero attached hydrogens (tertiary/aromatic N) is 2. The van der Waals surface area contributed by atoms with Crippen LogP contribution < -0.4 is 5.32 Å². The Morgan fingerprint density at radius 1 is 1.40 bits per heavy atom. The molecule has 1 aliphatic carbocycles. The molecule has 1 aliphatic rings. The largest absolute Gasteiger partial charge is 0.376 e. The molecule has 1 N–H and O–H groups in total. The summed E-state index contributed by atoms with van der Waals surface area (Å²) < 4.78 is 13.6. The van der Waals surface area contributed by atoms with E-state index in [1.165, 1.54) is 25.7 Å². The molecule has 15 heavy (non-hydrogen) atoms. The van der Waals surface area contributed by atoms with E-state index in [9.17, 15) is 0 Å². The lowest BCUT2D eigenvalue weighted by Gasteiger charge is -2.10. The van der Waals surface area contributed by atoms with Crippen LogP contribution in [-0.4, -0.2) is 28.0 Å². The van der Waals surface area contributed by atoms with E-state index in [1.807, 2.05) is 0 Å². The molecule has 0 amide bonds. The molecule has 0 spiro atoms. The number of hydrogen-bond acceptors (Lipinski definition) is 5. The lowest BCUT2D eigenvalue weighted by Crippen LogP contribution is -2.15. The van der Waals surface area contributed by atoms with Crippen LogP contribution in [0.15, 0.2) is 0 Å². The van der Waals surface area contributed by atoms with E-state index in [0.29, 0.717) is 23.7 Å². The molecule has 1 aromatic heterocycles. The van der Waals surface area contributed by atoms with Gasteiger partial charge in [-0.05, 0) is 12.8 Å². The van der Waals surface area contributed by atoms with Crippen molar-refractivity contribution in [2.24, 2.45) is 0 Å². The van der Waals surface area contributed by atoms with Gasteiger partial charge in [-0.3, -0.25) is 0 Å². The minimum Gasteiger partial charge on any atom is -0.376 e. The lowest BCUT2D eigenvalue weighted by atomic mass is 10.3. The first-order valence-electron chi connectivity index (χ1n) is 5.20. The SMILES string of the molecule is Clc1nsnc1NCCOC1CCCC1. The number of anilines is 1. The van der Waals surface area contributed by atoms with Crippen molar-refractivity contribution >= 4 is 29.1 Å². The second-order valence-corrected chi connectivity index (χ2v) is 4.49. The third-order valence-electron chi connectivity index (χ3n) is 2.50. The normalized spacial score (nSPS) is 17.1. The summed E-state index contributed by atoms with van der Waals surface area (Å²) >= 11 is 6.89. The Hall–Kier alpha value is -0.390. The first-order valence-corrected chi connectivity index (χ1v) is 6.30. The van der Waals surface area contributed by atoms with Crippen molar-refractivity contribution in [3.05, 3.63) is 5.15 Å². The summed E-state index contributed by atoms with van der Waals surface area (Å²) in [6.07, 6.45) is 5.49. The number of rotatable bonds is 5. The van der Waals surface area contributed by atoms with Gasteiger partial charge in [0.05, 0.1) is 24.4 Å². The zero-order valence-corrected chi connectivity index (χ0v) is 9.98. The number of ether oxygens (including phenoxy) is 1. The molecule has 2 rings (SSSR count). The average Bonchev–Trinajstić information content (AvgIpc) is 2.85. The predicted molar refractivity (Wildman–Crippen MR) is 61.6 cm³/mol. The highest BCUT2D eigenvalue weighted by Gasteiger charge is 2.14. The maximum atomic E-state index is 5.78. The van der Waals surface area contributed by atoms with Gasteiger partial charge in [-0.15, -0.1) is 0 Å². The van der Waals surface area contributed by atoms with Crippen LogP contribution in [0.3, 0.4) is 0 Å². The number of aromatic nitrogens is 2. The van der Waals surface area contributed by atoms with E-state index in [-0.39, 0.29) is 0 Å². The highest BCUT2D eigenvalue weighted by atomic mass is 35.5. The summed E-state index contributed by atoms with van der Waals surface area (Å²) in [4.78, 5) is 0.